The predicted octanol–water partition coefficient (Wildman–Crippen LogP) is 4.51. The van der Waals surface area contributed by atoms with Crippen LogP contribution in [0.1, 0.15) is 21.0 Å². The van der Waals surface area contributed by atoms with Crippen LogP contribution in [-0.4, -0.2) is 49.1 Å². The number of hydrogen-bond acceptors (Lipinski definition) is 7. The number of carbonyl (C=O) groups excluding carboxylic acids is 1. The Kier molecular flexibility index (Phi) is 5.63. The van der Waals surface area contributed by atoms with Crippen molar-refractivity contribution < 1.29 is 9.53 Å². The second kappa shape index (κ2) is 8.14. The number of anilines is 1. The van der Waals surface area contributed by atoms with Crippen molar-refractivity contribution in [1.29, 1.82) is 0 Å². The molecule has 4 rings (SSSR count). The lowest BCUT2D eigenvalue weighted by atomic mass is 10.3. The van der Waals surface area contributed by atoms with Crippen LogP contribution in [-0.2, 0) is 11.3 Å². The number of aromatic nitrogens is 1. The van der Waals surface area contributed by atoms with Crippen molar-refractivity contribution in [2.24, 2.45) is 0 Å². The minimum Gasteiger partial charge on any atom is -0.465 e. The van der Waals surface area contributed by atoms with Gasteiger partial charge in [0.05, 0.1) is 17.3 Å². The molecular weight excluding hydrogens is 402 g/mol. The first-order valence-corrected chi connectivity index (χ1v) is 10.8. The standard InChI is InChI=1S/C19H20ClN3O2S2/c1-25-18(24)16-6-4-14(26-16)12-22-7-2-8-23(10-9-22)19-21-15-5-3-13(20)11-17(15)27-19/h3-6,11H,2,7-10,12H2,1H3. The number of ether oxygens (including phenoxy) is 1. The molecule has 0 amide bonds. The van der Waals surface area contributed by atoms with Gasteiger partial charge >= 0.3 is 5.97 Å². The van der Waals surface area contributed by atoms with Crippen molar-refractivity contribution in [1.82, 2.24) is 9.88 Å². The maximum Gasteiger partial charge on any atom is 0.348 e. The van der Waals surface area contributed by atoms with Crippen LogP contribution in [0.15, 0.2) is 30.3 Å². The maximum atomic E-state index is 11.6. The fraction of sp³-hybridized carbons (Fsp3) is 0.368. The smallest absolute Gasteiger partial charge is 0.348 e. The third-order valence-corrected chi connectivity index (χ3v) is 6.99. The number of thiazole rings is 1. The van der Waals surface area contributed by atoms with E-state index in [4.69, 9.17) is 21.3 Å². The van der Waals surface area contributed by atoms with Crippen molar-refractivity contribution in [2.45, 2.75) is 13.0 Å². The Hall–Kier alpha value is -1.67. The average molecular weight is 422 g/mol. The van der Waals surface area contributed by atoms with Crippen molar-refractivity contribution in [2.75, 3.05) is 38.2 Å². The molecule has 0 saturated carbocycles. The zero-order valence-corrected chi connectivity index (χ0v) is 17.4. The zero-order valence-electron chi connectivity index (χ0n) is 15.0. The van der Waals surface area contributed by atoms with Gasteiger partial charge in [-0.25, -0.2) is 9.78 Å². The molecule has 0 spiro atoms. The first kappa shape index (κ1) is 18.7. The van der Waals surface area contributed by atoms with Crippen LogP contribution >= 0.6 is 34.3 Å². The number of rotatable bonds is 4. The molecule has 27 heavy (non-hydrogen) atoms. The molecule has 1 fully saturated rings. The van der Waals surface area contributed by atoms with Gasteiger partial charge in [0.2, 0.25) is 0 Å². The highest BCUT2D eigenvalue weighted by Crippen LogP contribution is 2.31. The molecule has 5 nitrogen and oxygen atoms in total. The van der Waals surface area contributed by atoms with Gasteiger partial charge in [0.25, 0.3) is 0 Å². The summed E-state index contributed by atoms with van der Waals surface area (Å²) in [5.41, 5.74) is 1.01. The molecule has 142 valence electrons. The van der Waals surface area contributed by atoms with Crippen LogP contribution in [0.5, 0.6) is 0 Å². The molecule has 1 aliphatic rings. The average Bonchev–Trinajstić information content (AvgIpc) is 3.23. The molecular formula is C19H20ClN3O2S2. The molecule has 1 aliphatic heterocycles. The van der Waals surface area contributed by atoms with E-state index in [9.17, 15) is 4.79 Å². The van der Waals surface area contributed by atoms with E-state index in [1.165, 1.54) is 23.3 Å². The largest absolute Gasteiger partial charge is 0.465 e. The summed E-state index contributed by atoms with van der Waals surface area (Å²) in [7, 11) is 1.42. The number of benzene rings is 1. The third-order valence-electron chi connectivity index (χ3n) is 4.63. The minimum absolute atomic E-state index is 0.260. The molecule has 3 aromatic rings. The maximum absolute atomic E-state index is 11.6. The summed E-state index contributed by atoms with van der Waals surface area (Å²) >= 11 is 9.32. The summed E-state index contributed by atoms with van der Waals surface area (Å²) in [5, 5.41) is 1.82. The highest BCUT2D eigenvalue weighted by Gasteiger charge is 2.19. The number of fused-ring (bicyclic) bond motifs is 1. The van der Waals surface area contributed by atoms with Crippen LogP contribution in [0, 0.1) is 0 Å². The molecule has 0 N–H and O–H groups in total. The van der Waals surface area contributed by atoms with Gasteiger partial charge in [-0.3, -0.25) is 4.90 Å². The number of nitrogens with zero attached hydrogens (tertiary/aromatic N) is 3. The molecule has 0 aliphatic carbocycles. The van der Waals surface area contributed by atoms with Crippen LogP contribution in [0.2, 0.25) is 5.02 Å². The molecule has 0 bridgehead atoms. The summed E-state index contributed by atoms with van der Waals surface area (Å²) in [5.74, 6) is -0.260. The van der Waals surface area contributed by atoms with Crippen molar-refractivity contribution >= 4 is 55.6 Å². The van der Waals surface area contributed by atoms with Crippen LogP contribution in [0.3, 0.4) is 0 Å². The number of methoxy groups -OCH3 is 1. The second-order valence-electron chi connectivity index (χ2n) is 6.48. The Bertz CT molecular complexity index is 955. The summed E-state index contributed by atoms with van der Waals surface area (Å²) in [6, 6.07) is 9.73. The number of carbonyl (C=O) groups is 1. The van der Waals surface area contributed by atoms with Gasteiger partial charge in [0.15, 0.2) is 5.13 Å². The predicted molar refractivity (Wildman–Crippen MR) is 112 cm³/mol. The highest BCUT2D eigenvalue weighted by atomic mass is 35.5. The Morgan fingerprint density at radius 1 is 1.19 bits per heavy atom. The molecule has 1 saturated heterocycles. The molecule has 2 aromatic heterocycles. The quantitative estimate of drug-likeness (QED) is 0.580. The summed E-state index contributed by atoms with van der Waals surface area (Å²) in [6.07, 6.45) is 1.09. The van der Waals surface area contributed by atoms with E-state index in [2.05, 4.69) is 9.80 Å². The van der Waals surface area contributed by atoms with Gasteiger partial charge in [-0.1, -0.05) is 22.9 Å². The normalized spacial score (nSPS) is 15.9. The van der Waals surface area contributed by atoms with Gasteiger partial charge in [-0.15, -0.1) is 11.3 Å². The lowest BCUT2D eigenvalue weighted by molar-refractivity contribution is 0.0606. The molecule has 1 aromatic carbocycles. The second-order valence-corrected chi connectivity index (χ2v) is 9.10. The number of thiophene rings is 1. The molecule has 3 heterocycles. The van der Waals surface area contributed by atoms with Crippen LogP contribution in [0.4, 0.5) is 5.13 Å². The van der Waals surface area contributed by atoms with E-state index < -0.39 is 0 Å². The number of halogens is 1. The van der Waals surface area contributed by atoms with E-state index >= 15 is 0 Å². The Labute approximate surface area is 171 Å². The van der Waals surface area contributed by atoms with E-state index in [0.29, 0.717) is 4.88 Å². The van der Waals surface area contributed by atoms with Gasteiger partial charge < -0.3 is 9.64 Å². The Balaban J connectivity index is 1.41. The van der Waals surface area contributed by atoms with E-state index in [0.717, 1.165) is 59.5 Å². The van der Waals surface area contributed by atoms with Crippen molar-refractivity contribution in [3.8, 4) is 0 Å². The third kappa shape index (κ3) is 4.27. The fourth-order valence-corrected chi connectivity index (χ4v) is 5.50. The van der Waals surface area contributed by atoms with Crippen LogP contribution < -0.4 is 4.90 Å². The summed E-state index contributed by atoms with van der Waals surface area (Å²) in [4.78, 5) is 23.1. The molecule has 0 unspecified atom stereocenters. The lowest BCUT2D eigenvalue weighted by Gasteiger charge is -2.20. The Morgan fingerprint density at radius 3 is 2.93 bits per heavy atom. The topological polar surface area (TPSA) is 45.7 Å². The van der Waals surface area contributed by atoms with Crippen LogP contribution in [0.25, 0.3) is 10.2 Å². The first-order chi connectivity index (χ1) is 13.1. The van der Waals surface area contributed by atoms with E-state index in [1.807, 2.05) is 30.3 Å². The fourth-order valence-electron chi connectivity index (χ4n) is 3.24. The zero-order chi connectivity index (χ0) is 18.8. The van der Waals surface area contributed by atoms with Gasteiger partial charge in [-0.2, -0.15) is 0 Å². The lowest BCUT2D eigenvalue weighted by Crippen LogP contribution is -2.30. The van der Waals surface area contributed by atoms with Gasteiger partial charge in [0.1, 0.15) is 4.88 Å². The SMILES string of the molecule is COC(=O)c1ccc(CN2CCCN(c3nc4ccc(Cl)cc4s3)CC2)s1. The molecule has 8 heteroatoms. The van der Waals surface area contributed by atoms with Crippen molar-refractivity contribution in [3.63, 3.8) is 0 Å². The molecule has 0 radical (unpaired) electrons. The van der Waals surface area contributed by atoms with Crippen molar-refractivity contribution in [3.05, 3.63) is 45.1 Å². The van der Waals surface area contributed by atoms with Gasteiger partial charge in [0, 0.05) is 42.6 Å². The Morgan fingerprint density at radius 2 is 2.07 bits per heavy atom. The summed E-state index contributed by atoms with van der Waals surface area (Å²) < 4.78 is 5.92. The van der Waals surface area contributed by atoms with E-state index in [1.54, 1.807) is 11.3 Å². The van der Waals surface area contributed by atoms with E-state index in [-0.39, 0.29) is 5.97 Å². The summed E-state index contributed by atoms with van der Waals surface area (Å²) in [6.45, 7) is 4.83. The monoisotopic (exact) mass is 421 g/mol. The first-order valence-electron chi connectivity index (χ1n) is 8.83. The number of hydrogen-bond donors (Lipinski definition) is 0. The minimum atomic E-state index is -0.260. The number of esters is 1. The molecule has 0 atom stereocenters. The highest BCUT2D eigenvalue weighted by molar-refractivity contribution is 7.22. The van der Waals surface area contributed by atoms with Gasteiger partial charge in [-0.05, 0) is 36.8 Å².